The van der Waals surface area contributed by atoms with Gasteiger partial charge in [0.05, 0.1) is 7.11 Å². The molecule has 0 aliphatic carbocycles. The minimum Gasteiger partial charge on any atom is -0.497 e. The lowest BCUT2D eigenvalue weighted by atomic mass is 10.1. The fourth-order valence-corrected chi connectivity index (χ4v) is 1.10. The van der Waals surface area contributed by atoms with Crippen LogP contribution in [0.5, 0.6) is 5.75 Å². The lowest BCUT2D eigenvalue weighted by Crippen LogP contribution is -2.20. The molecule has 0 radical (unpaired) electrons. The highest BCUT2D eigenvalue weighted by Crippen LogP contribution is 2.20. The molecule has 0 N–H and O–H groups in total. The third-order valence-corrected chi connectivity index (χ3v) is 1.75. The molecule has 1 rings (SSSR count). The van der Waals surface area contributed by atoms with Gasteiger partial charge >= 0.3 is 5.92 Å². The smallest absolute Gasteiger partial charge is 0.306 e. The molecule has 14 heavy (non-hydrogen) atoms. The van der Waals surface area contributed by atoms with E-state index in [-0.39, 0.29) is 6.29 Å². The zero-order valence-electron chi connectivity index (χ0n) is 7.67. The predicted molar refractivity (Wildman–Crippen MR) is 47.7 cm³/mol. The predicted octanol–water partition coefficient (Wildman–Crippen LogP) is 2.07. The molecule has 0 heterocycles. The molecular weight excluding hydrogens is 190 g/mol. The van der Waals surface area contributed by atoms with Crippen LogP contribution in [-0.2, 0) is 11.2 Å². The molecule has 1 aromatic rings. The summed E-state index contributed by atoms with van der Waals surface area (Å²) in [6.07, 6.45) is -0.930. The SMILES string of the molecule is COc1cccc(CC(F)(F)C=O)c1. The summed E-state index contributed by atoms with van der Waals surface area (Å²) >= 11 is 0. The molecule has 2 nitrogen and oxygen atoms in total. The Morgan fingerprint density at radius 1 is 1.50 bits per heavy atom. The van der Waals surface area contributed by atoms with Crippen molar-refractivity contribution in [1.29, 1.82) is 0 Å². The normalized spacial score (nSPS) is 11.1. The van der Waals surface area contributed by atoms with Crippen molar-refractivity contribution >= 4 is 6.29 Å². The number of ether oxygens (including phenoxy) is 1. The first kappa shape index (κ1) is 10.6. The van der Waals surface area contributed by atoms with Gasteiger partial charge < -0.3 is 4.74 Å². The molecule has 0 atom stereocenters. The average Bonchev–Trinajstić information content (AvgIpc) is 2.17. The van der Waals surface area contributed by atoms with Gasteiger partial charge in [0, 0.05) is 6.42 Å². The topological polar surface area (TPSA) is 26.3 Å². The van der Waals surface area contributed by atoms with Crippen molar-refractivity contribution in [3.8, 4) is 5.75 Å². The molecule has 0 spiro atoms. The lowest BCUT2D eigenvalue weighted by Gasteiger charge is -2.09. The fraction of sp³-hybridized carbons (Fsp3) is 0.300. The van der Waals surface area contributed by atoms with E-state index in [0.29, 0.717) is 11.3 Å². The van der Waals surface area contributed by atoms with Crippen LogP contribution in [0.25, 0.3) is 0 Å². The third-order valence-electron chi connectivity index (χ3n) is 1.75. The van der Waals surface area contributed by atoms with Crippen LogP contribution in [0.1, 0.15) is 5.56 Å². The van der Waals surface area contributed by atoms with Gasteiger partial charge in [-0.15, -0.1) is 0 Å². The Bertz CT molecular complexity index is 324. The second-order valence-corrected chi connectivity index (χ2v) is 2.91. The summed E-state index contributed by atoms with van der Waals surface area (Å²) in [4.78, 5) is 10.0. The third kappa shape index (κ3) is 2.80. The van der Waals surface area contributed by atoms with E-state index < -0.39 is 12.3 Å². The summed E-state index contributed by atoms with van der Waals surface area (Å²) in [6, 6.07) is 6.27. The molecule has 0 fully saturated rings. The Hall–Kier alpha value is -1.45. The van der Waals surface area contributed by atoms with Crippen LogP contribution in [-0.4, -0.2) is 19.3 Å². The number of carbonyl (C=O) groups is 1. The van der Waals surface area contributed by atoms with Crippen LogP contribution in [0.4, 0.5) is 8.78 Å². The van der Waals surface area contributed by atoms with E-state index in [4.69, 9.17) is 4.74 Å². The molecule has 0 saturated heterocycles. The molecule has 0 bridgehead atoms. The first-order valence-electron chi connectivity index (χ1n) is 4.04. The molecule has 0 aliphatic rings. The number of methoxy groups -OCH3 is 1. The van der Waals surface area contributed by atoms with Crippen molar-refractivity contribution in [2.45, 2.75) is 12.3 Å². The van der Waals surface area contributed by atoms with Gasteiger partial charge in [-0.3, -0.25) is 4.79 Å². The number of aldehydes is 1. The number of halogens is 2. The highest BCUT2D eigenvalue weighted by atomic mass is 19.3. The Kier molecular flexibility index (Phi) is 3.17. The van der Waals surface area contributed by atoms with Crippen LogP contribution in [0.3, 0.4) is 0 Å². The lowest BCUT2D eigenvalue weighted by molar-refractivity contribution is -0.128. The number of hydrogen-bond acceptors (Lipinski definition) is 2. The Morgan fingerprint density at radius 3 is 2.79 bits per heavy atom. The van der Waals surface area contributed by atoms with Crippen LogP contribution in [0.2, 0.25) is 0 Å². The summed E-state index contributed by atoms with van der Waals surface area (Å²) in [5, 5.41) is 0. The van der Waals surface area contributed by atoms with E-state index in [0.717, 1.165) is 0 Å². The Labute approximate surface area is 80.5 Å². The van der Waals surface area contributed by atoms with E-state index in [1.54, 1.807) is 12.1 Å². The van der Waals surface area contributed by atoms with E-state index in [2.05, 4.69) is 0 Å². The second kappa shape index (κ2) is 4.17. The summed E-state index contributed by atoms with van der Waals surface area (Å²) in [6.45, 7) is 0. The fourth-order valence-electron chi connectivity index (χ4n) is 1.10. The minimum absolute atomic E-state index is 0.341. The average molecular weight is 200 g/mol. The van der Waals surface area contributed by atoms with Crippen LogP contribution < -0.4 is 4.74 Å². The molecular formula is C10H10F2O2. The second-order valence-electron chi connectivity index (χ2n) is 2.91. The number of rotatable bonds is 4. The van der Waals surface area contributed by atoms with Crippen molar-refractivity contribution in [3.05, 3.63) is 29.8 Å². The maximum absolute atomic E-state index is 12.7. The van der Waals surface area contributed by atoms with E-state index in [1.165, 1.54) is 19.2 Å². The van der Waals surface area contributed by atoms with Crippen LogP contribution in [0, 0.1) is 0 Å². The molecule has 0 unspecified atom stereocenters. The first-order valence-corrected chi connectivity index (χ1v) is 4.04. The van der Waals surface area contributed by atoms with Gasteiger partial charge in [-0.05, 0) is 17.7 Å². The van der Waals surface area contributed by atoms with Gasteiger partial charge in [0.2, 0.25) is 0 Å². The van der Waals surface area contributed by atoms with Crippen molar-refractivity contribution in [1.82, 2.24) is 0 Å². The van der Waals surface area contributed by atoms with Crippen LogP contribution >= 0.6 is 0 Å². The zero-order valence-corrected chi connectivity index (χ0v) is 7.67. The van der Waals surface area contributed by atoms with Gasteiger partial charge in [-0.2, -0.15) is 8.78 Å². The quantitative estimate of drug-likeness (QED) is 0.695. The summed E-state index contributed by atoms with van der Waals surface area (Å²) in [5.74, 6) is -2.80. The highest BCUT2D eigenvalue weighted by Gasteiger charge is 2.28. The van der Waals surface area contributed by atoms with Gasteiger partial charge in [-0.1, -0.05) is 12.1 Å². The van der Waals surface area contributed by atoms with Crippen molar-refractivity contribution in [2.24, 2.45) is 0 Å². The molecule has 0 aromatic heterocycles. The number of alkyl halides is 2. The Morgan fingerprint density at radius 2 is 2.21 bits per heavy atom. The summed E-state index contributed by atoms with van der Waals surface area (Å²) < 4.78 is 30.2. The number of carbonyl (C=O) groups excluding carboxylic acids is 1. The van der Waals surface area contributed by atoms with Gasteiger partial charge in [-0.25, -0.2) is 0 Å². The minimum atomic E-state index is -3.30. The summed E-state index contributed by atoms with van der Waals surface area (Å²) in [5.41, 5.74) is 0.376. The molecule has 1 aromatic carbocycles. The van der Waals surface area contributed by atoms with E-state index in [1.807, 2.05) is 0 Å². The highest BCUT2D eigenvalue weighted by molar-refractivity contribution is 5.60. The van der Waals surface area contributed by atoms with Gasteiger partial charge in [0.25, 0.3) is 0 Å². The van der Waals surface area contributed by atoms with Gasteiger partial charge in [0.15, 0.2) is 6.29 Å². The van der Waals surface area contributed by atoms with Crippen molar-refractivity contribution in [2.75, 3.05) is 7.11 Å². The first-order chi connectivity index (χ1) is 6.57. The maximum Gasteiger partial charge on any atom is 0.306 e. The number of benzene rings is 1. The van der Waals surface area contributed by atoms with Crippen molar-refractivity contribution < 1.29 is 18.3 Å². The molecule has 76 valence electrons. The maximum atomic E-state index is 12.7. The molecule has 0 saturated carbocycles. The molecule has 0 amide bonds. The van der Waals surface area contributed by atoms with E-state index >= 15 is 0 Å². The molecule has 0 aliphatic heterocycles. The van der Waals surface area contributed by atoms with Crippen molar-refractivity contribution in [3.63, 3.8) is 0 Å². The van der Waals surface area contributed by atoms with Gasteiger partial charge in [0.1, 0.15) is 5.75 Å². The standard InChI is InChI=1S/C10H10F2O2/c1-14-9-4-2-3-8(5-9)6-10(11,12)7-13/h2-5,7H,6H2,1H3. The number of hydrogen-bond donors (Lipinski definition) is 0. The molecule has 4 heteroatoms. The van der Waals surface area contributed by atoms with Crippen LogP contribution in [0.15, 0.2) is 24.3 Å². The van der Waals surface area contributed by atoms with E-state index in [9.17, 15) is 13.6 Å². The largest absolute Gasteiger partial charge is 0.497 e. The monoisotopic (exact) mass is 200 g/mol. The summed E-state index contributed by atoms with van der Waals surface area (Å²) in [7, 11) is 1.46. The Balaban J connectivity index is 2.81. The zero-order chi connectivity index (χ0) is 10.6.